The quantitative estimate of drug-likeness (QED) is 0.550. The summed E-state index contributed by atoms with van der Waals surface area (Å²) in [5.74, 6) is 0. The molecule has 0 amide bonds. The van der Waals surface area contributed by atoms with Crippen molar-refractivity contribution in [1.29, 1.82) is 0 Å². The van der Waals surface area contributed by atoms with Gasteiger partial charge in [-0.15, -0.1) is 0 Å². The minimum atomic E-state index is 0. The highest BCUT2D eigenvalue weighted by Gasteiger charge is 2.01. The zero-order valence-corrected chi connectivity index (χ0v) is 9.50. The van der Waals surface area contributed by atoms with Gasteiger partial charge in [0, 0.05) is 37.1 Å². The van der Waals surface area contributed by atoms with Crippen LogP contribution in [0.15, 0.2) is 61.2 Å². The van der Waals surface area contributed by atoms with Crippen molar-refractivity contribution < 1.29 is 9.13 Å². The molecule has 0 aliphatic rings. The number of aryl methyl sites for hydroxylation is 2. The monoisotopic (exact) mass is 230 g/mol. The van der Waals surface area contributed by atoms with E-state index in [9.17, 15) is 0 Å². The third-order valence-electron chi connectivity index (χ3n) is 2.64. The van der Waals surface area contributed by atoms with Crippen LogP contribution >= 0.6 is 0 Å². The summed E-state index contributed by atoms with van der Waals surface area (Å²) in [5.41, 5.74) is 0. The zero-order chi connectivity index (χ0) is 11.1. The van der Waals surface area contributed by atoms with E-state index in [1.807, 2.05) is 0 Å². The molecule has 0 saturated carbocycles. The molecular weight excluding hydrogens is 208 g/mol. The van der Waals surface area contributed by atoms with Crippen molar-refractivity contribution in [1.82, 2.24) is 0 Å². The van der Waals surface area contributed by atoms with E-state index in [4.69, 9.17) is 0 Å². The summed E-state index contributed by atoms with van der Waals surface area (Å²) in [6, 6.07) is 12.4. The Labute approximate surface area is 104 Å². The van der Waals surface area contributed by atoms with E-state index in [0.29, 0.717) is 0 Å². The van der Waals surface area contributed by atoms with E-state index in [1.54, 1.807) is 0 Å². The van der Waals surface area contributed by atoms with Crippen LogP contribution in [-0.4, -0.2) is 0 Å². The second-order valence-corrected chi connectivity index (χ2v) is 3.93. The van der Waals surface area contributed by atoms with Gasteiger partial charge in [-0.2, -0.15) is 0 Å². The van der Waals surface area contributed by atoms with Gasteiger partial charge in [0.15, 0.2) is 24.8 Å². The van der Waals surface area contributed by atoms with E-state index in [0.717, 1.165) is 13.1 Å². The van der Waals surface area contributed by atoms with Gasteiger partial charge in [-0.3, -0.25) is 0 Å². The number of aromatic nitrogens is 2. The highest BCUT2D eigenvalue weighted by molar-refractivity contribution is 4.84. The van der Waals surface area contributed by atoms with E-state index in [1.165, 1.54) is 12.8 Å². The standard InChI is InChI=1S/C14H18N2.CH4/c1-3-9-15(10-4-1)13-7-8-14-16-11-5-2-6-12-16;/h1-6,9-12H,7-8,13-14H2;1H4/q+2;. The van der Waals surface area contributed by atoms with Gasteiger partial charge in [0.25, 0.3) is 0 Å². The number of hydrogen-bond acceptors (Lipinski definition) is 0. The van der Waals surface area contributed by atoms with E-state index in [-0.39, 0.29) is 7.43 Å². The molecule has 0 fully saturated rings. The molecule has 0 aromatic carbocycles. The van der Waals surface area contributed by atoms with E-state index in [2.05, 4.69) is 70.3 Å². The Kier molecular flexibility index (Phi) is 5.94. The Balaban J connectivity index is 0.00000144. The normalized spacial score (nSPS) is 9.65. The van der Waals surface area contributed by atoms with Crippen LogP contribution in [0.5, 0.6) is 0 Å². The zero-order valence-electron chi connectivity index (χ0n) is 9.50. The molecule has 2 heterocycles. The molecule has 0 atom stereocenters. The van der Waals surface area contributed by atoms with Crippen LogP contribution < -0.4 is 9.13 Å². The Morgan fingerprint density at radius 1 is 0.529 bits per heavy atom. The molecule has 17 heavy (non-hydrogen) atoms. The maximum Gasteiger partial charge on any atom is 0.168 e. The van der Waals surface area contributed by atoms with Gasteiger partial charge in [-0.1, -0.05) is 19.6 Å². The summed E-state index contributed by atoms with van der Waals surface area (Å²) < 4.78 is 4.46. The lowest BCUT2D eigenvalue weighted by Gasteiger charge is -1.96. The number of nitrogens with zero attached hydrogens (tertiary/aromatic N) is 2. The van der Waals surface area contributed by atoms with Crippen LogP contribution in [0.25, 0.3) is 0 Å². The van der Waals surface area contributed by atoms with Crippen LogP contribution in [0.3, 0.4) is 0 Å². The second-order valence-electron chi connectivity index (χ2n) is 3.93. The summed E-state index contributed by atoms with van der Waals surface area (Å²) in [6.45, 7) is 2.21. The predicted molar refractivity (Wildman–Crippen MR) is 69.2 cm³/mol. The predicted octanol–water partition coefficient (Wildman–Crippen LogP) is 2.38. The third kappa shape index (κ3) is 4.77. The van der Waals surface area contributed by atoms with Crippen molar-refractivity contribution in [2.45, 2.75) is 33.4 Å². The van der Waals surface area contributed by atoms with Gasteiger partial charge < -0.3 is 0 Å². The van der Waals surface area contributed by atoms with E-state index < -0.39 is 0 Å². The van der Waals surface area contributed by atoms with Gasteiger partial charge in [-0.05, 0) is 0 Å². The fourth-order valence-electron chi connectivity index (χ4n) is 1.76. The van der Waals surface area contributed by atoms with Gasteiger partial charge in [0.2, 0.25) is 0 Å². The van der Waals surface area contributed by atoms with Crippen LogP contribution in [0.2, 0.25) is 0 Å². The minimum absolute atomic E-state index is 0. The maximum atomic E-state index is 2.23. The third-order valence-corrected chi connectivity index (χ3v) is 2.64. The molecule has 0 saturated heterocycles. The molecule has 0 N–H and O–H groups in total. The van der Waals surface area contributed by atoms with Crippen LogP contribution in [0.4, 0.5) is 0 Å². The van der Waals surface area contributed by atoms with Crippen molar-refractivity contribution in [3.05, 3.63) is 61.2 Å². The molecule has 2 rings (SSSR count). The molecule has 0 radical (unpaired) electrons. The first-order valence-corrected chi connectivity index (χ1v) is 5.83. The first-order valence-electron chi connectivity index (χ1n) is 5.83. The highest BCUT2D eigenvalue weighted by Crippen LogP contribution is 1.89. The number of unbranched alkanes of at least 4 members (excludes halogenated alkanes) is 1. The van der Waals surface area contributed by atoms with Crippen molar-refractivity contribution in [3.8, 4) is 0 Å². The summed E-state index contributed by atoms with van der Waals surface area (Å²) in [7, 11) is 0. The van der Waals surface area contributed by atoms with Gasteiger partial charge >= 0.3 is 0 Å². The van der Waals surface area contributed by atoms with Gasteiger partial charge in [0.05, 0.1) is 0 Å². The number of pyridine rings is 2. The fourth-order valence-corrected chi connectivity index (χ4v) is 1.76. The summed E-state index contributed by atoms with van der Waals surface area (Å²) in [6.07, 6.45) is 10.9. The SMILES string of the molecule is C.c1cc[n+](CCCC[n+]2ccccc2)cc1. The number of hydrogen-bond donors (Lipinski definition) is 0. The topological polar surface area (TPSA) is 7.76 Å². The van der Waals surface area contributed by atoms with Crippen molar-refractivity contribution >= 4 is 0 Å². The smallest absolute Gasteiger partial charge is 0.168 e. The van der Waals surface area contributed by atoms with Gasteiger partial charge in [-0.25, -0.2) is 9.13 Å². The fraction of sp³-hybridized carbons (Fsp3) is 0.333. The largest absolute Gasteiger partial charge is 0.205 e. The first-order chi connectivity index (χ1) is 7.95. The minimum Gasteiger partial charge on any atom is -0.205 e. The van der Waals surface area contributed by atoms with Crippen molar-refractivity contribution in [2.24, 2.45) is 0 Å². The molecule has 0 aliphatic carbocycles. The van der Waals surface area contributed by atoms with Crippen LogP contribution in [-0.2, 0) is 13.1 Å². The van der Waals surface area contributed by atoms with Gasteiger partial charge in [0.1, 0.15) is 13.1 Å². The average Bonchev–Trinajstić information content (AvgIpc) is 2.37. The lowest BCUT2D eigenvalue weighted by Crippen LogP contribution is -2.35. The summed E-state index contributed by atoms with van der Waals surface area (Å²) in [4.78, 5) is 0. The maximum absolute atomic E-state index is 2.23. The Hall–Kier alpha value is -1.70. The molecule has 2 aromatic rings. The molecular formula is C15H22N2+2. The highest BCUT2D eigenvalue weighted by atomic mass is 14.9. The molecule has 0 bridgehead atoms. The van der Waals surface area contributed by atoms with Crippen molar-refractivity contribution in [3.63, 3.8) is 0 Å². The van der Waals surface area contributed by atoms with Crippen LogP contribution in [0.1, 0.15) is 20.3 Å². The molecule has 90 valence electrons. The Bertz CT molecular complexity index is 356. The molecule has 2 heteroatoms. The van der Waals surface area contributed by atoms with Crippen LogP contribution in [0, 0.1) is 0 Å². The van der Waals surface area contributed by atoms with E-state index >= 15 is 0 Å². The molecule has 2 nitrogen and oxygen atoms in total. The number of rotatable bonds is 5. The lowest BCUT2D eigenvalue weighted by molar-refractivity contribution is -0.708. The molecule has 0 aliphatic heterocycles. The first kappa shape index (κ1) is 13.4. The average molecular weight is 230 g/mol. The molecule has 2 aromatic heterocycles. The summed E-state index contributed by atoms with van der Waals surface area (Å²) >= 11 is 0. The Morgan fingerprint density at radius 3 is 1.24 bits per heavy atom. The lowest BCUT2D eigenvalue weighted by atomic mass is 10.3. The van der Waals surface area contributed by atoms with Crippen molar-refractivity contribution in [2.75, 3.05) is 0 Å². The molecule has 0 spiro atoms. The molecule has 0 unspecified atom stereocenters. The Morgan fingerprint density at radius 2 is 0.882 bits per heavy atom. The summed E-state index contributed by atoms with van der Waals surface area (Å²) in [5, 5.41) is 0. The second kappa shape index (κ2) is 7.55.